The lowest BCUT2D eigenvalue weighted by Crippen LogP contribution is -2.44. The third-order valence-corrected chi connectivity index (χ3v) is 3.32. The van der Waals surface area contributed by atoms with Crippen LogP contribution in [-0.2, 0) is 6.42 Å². The molecule has 2 aliphatic rings. The van der Waals surface area contributed by atoms with Crippen LogP contribution in [0.25, 0.3) is 6.08 Å². The summed E-state index contributed by atoms with van der Waals surface area (Å²) in [7, 11) is 0. The summed E-state index contributed by atoms with van der Waals surface area (Å²) in [6, 6.07) is 0. The number of imidazole rings is 1. The van der Waals surface area contributed by atoms with Gasteiger partial charge in [-0.15, -0.1) is 0 Å². The van der Waals surface area contributed by atoms with Gasteiger partial charge in [-0.1, -0.05) is 6.08 Å². The molecule has 0 spiro atoms. The van der Waals surface area contributed by atoms with Gasteiger partial charge in [-0.25, -0.2) is 4.98 Å². The monoisotopic (exact) mass is 261 g/mol. The molecule has 7 nitrogen and oxygen atoms in total. The van der Waals surface area contributed by atoms with Crippen LogP contribution in [0.2, 0.25) is 0 Å². The number of piperazine rings is 1. The van der Waals surface area contributed by atoms with Gasteiger partial charge in [-0.05, 0) is 0 Å². The lowest BCUT2D eigenvalue weighted by atomic mass is 10.2. The second-order valence-electron chi connectivity index (χ2n) is 4.59. The number of fused-ring (bicyclic) bond motifs is 1. The van der Waals surface area contributed by atoms with Crippen LogP contribution in [0.1, 0.15) is 11.4 Å². The Balaban J connectivity index is 1.91. The van der Waals surface area contributed by atoms with E-state index in [9.17, 15) is 10.1 Å². The highest BCUT2D eigenvalue weighted by atomic mass is 16.6. The Kier molecular flexibility index (Phi) is 3.04. The molecule has 1 aliphatic heterocycles. The summed E-state index contributed by atoms with van der Waals surface area (Å²) >= 11 is 0. The van der Waals surface area contributed by atoms with Crippen molar-refractivity contribution < 1.29 is 4.92 Å². The summed E-state index contributed by atoms with van der Waals surface area (Å²) in [5.74, 6) is 0.806. The van der Waals surface area contributed by atoms with Gasteiger partial charge in [0.1, 0.15) is 0 Å². The van der Waals surface area contributed by atoms with Crippen LogP contribution < -0.4 is 10.2 Å². The lowest BCUT2D eigenvalue weighted by Gasteiger charge is -2.26. The number of aromatic amines is 1. The Morgan fingerprint density at radius 1 is 1.37 bits per heavy atom. The summed E-state index contributed by atoms with van der Waals surface area (Å²) in [6.07, 6.45) is 5.49. The van der Waals surface area contributed by atoms with Gasteiger partial charge in [0.25, 0.3) is 5.70 Å². The van der Waals surface area contributed by atoms with Gasteiger partial charge in [-0.2, -0.15) is 0 Å². The first-order valence-corrected chi connectivity index (χ1v) is 6.31. The molecule has 1 aliphatic carbocycles. The van der Waals surface area contributed by atoms with E-state index in [1.165, 1.54) is 12.2 Å². The zero-order valence-corrected chi connectivity index (χ0v) is 10.4. The number of nitrogens with zero attached hydrogens (tertiary/aromatic N) is 3. The molecule has 2 heterocycles. The predicted molar refractivity (Wildman–Crippen MR) is 71.5 cm³/mol. The van der Waals surface area contributed by atoms with Crippen molar-refractivity contribution in [1.82, 2.24) is 15.3 Å². The molecule has 1 aromatic heterocycles. The van der Waals surface area contributed by atoms with E-state index in [1.807, 2.05) is 0 Å². The fourth-order valence-corrected chi connectivity index (χ4v) is 2.31. The highest BCUT2D eigenvalue weighted by Crippen LogP contribution is 2.21. The van der Waals surface area contributed by atoms with Crippen LogP contribution in [0.5, 0.6) is 0 Å². The smallest absolute Gasteiger partial charge is 0.271 e. The van der Waals surface area contributed by atoms with E-state index in [0.717, 1.165) is 37.8 Å². The number of nitro groups is 1. The topological polar surface area (TPSA) is 87.1 Å². The highest BCUT2D eigenvalue weighted by Gasteiger charge is 2.19. The first-order chi connectivity index (χ1) is 9.24. The number of anilines is 1. The number of aromatic nitrogens is 2. The number of allylic oxidation sites excluding steroid dienone is 2. The van der Waals surface area contributed by atoms with Crippen LogP contribution in [-0.4, -0.2) is 41.1 Å². The standard InChI is InChI=1S/C12H15N5O2/c18-17(19)9-2-1-3-10-11(8-9)15-12(14-10)16-6-4-13-5-7-16/h1-2,8,13H,3-7H2,(H,14,15). The van der Waals surface area contributed by atoms with E-state index in [-0.39, 0.29) is 10.6 Å². The molecule has 7 heteroatoms. The average molecular weight is 261 g/mol. The number of H-pyrrole nitrogens is 1. The second-order valence-corrected chi connectivity index (χ2v) is 4.59. The van der Waals surface area contributed by atoms with Crippen molar-refractivity contribution in [3.8, 4) is 0 Å². The van der Waals surface area contributed by atoms with Crippen molar-refractivity contribution in [3.63, 3.8) is 0 Å². The fourth-order valence-electron chi connectivity index (χ4n) is 2.31. The molecule has 19 heavy (non-hydrogen) atoms. The normalized spacial score (nSPS) is 18.7. The van der Waals surface area contributed by atoms with Crippen molar-refractivity contribution in [1.29, 1.82) is 0 Å². The minimum atomic E-state index is -0.384. The van der Waals surface area contributed by atoms with Crippen molar-refractivity contribution in [2.45, 2.75) is 6.42 Å². The molecule has 0 radical (unpaired) electrons. The van der Waals surface area contributed by atoms with E-state index >= 15 is 0 Å². The second kappa shape index (κ2) is 4.85. The first kappa shape index (κ1) is 11.9. The fraction of sp³-hybridized carbons (Fsp3) is 0.417. The van der Waals surface area contributed by atoms with Crippen LogP contribution in [0, 0.1) is 10.1 Å². The molecule has 0 saturated carbocycles. The number of hydrogen-bond donors (Lipinski definition) is 2. The van der Waals surface area contributed by atoms with Gasteiger partial charge >= 0.3 is 0 Å². The van der Waals surface area contributed by atoms with Crippen LogP contribution in [0.15, 0.2) is 17.8 Å². The van der Waals surface area contributed by atoms with Crippen LogP contribution in [0.3, 0.4) is 0 Å². The molecule has 100 valence electrons. The summed E-state index contributed by atoms with van der Waals surface area (Å²) in [6.45, 7) is 3.66. The Labute approximate surface area is 110 Å². The zero-order valence-electron chi connectivity index (χ0n) is 10.4. The minimum absolute atomic E-state index is 0.0807. The zero-order chi connectivity index (χ0) is 13.2. The van der Waals surface area contributed by atoms with Crippen molar-refractivity contribution >= 4 is 12.0 Å². The number of hydrogen-bond acceptors (Lipinski definition) is 5. The van der Waals surface area contributed by atoms with E-state index in [2.05, 4.69) is 20.2 Å². The van der Waals surface area contributed by atoms with Gasteiger partial charge in [0.15, 0.2) is 0 Å². The van der Waals surface area contributed by atoms with Gasteiger partial charge < -0.3 is 15.2 Å². The average Bonchev–Trinajstić information content (AvgIpc) is 2.71. The molecular weight excluding hydrogens is 246 g/mol. The summed E-state index contributed by atoms with van der Waals surface area (Å²) in [5, 5.41) is 14.1. The van der Waals surface area contributed by atoms with Gasteiger partial charge in [0, 0.05) is 50.4 Å². The molecule has 1 saturated heterocycles. The van der Waals surface area contributed by atoms with E-state index in [4.69, 9.17) is 0 Å². The largest absolute Gasteiger partial charge is 0.340 e. The van der Waals surface area contributed by atoms with Crippen LogP contribution >= 0.6 is 0 Å². The molecule has 2 N–H and O–H groups in total. The molecule has 0 aromatic carbocycles. The maximum atomic E-state index is 10.9. The number of nitrogens with one attached hydrogen (secondary N) is 2. The van der Waals surface area contributed by atoms with Crippen molar-refractivity contribution in [2.24, 2.45) is 0 Å². The summed E-state index contributed by atoms with van der Waals surface area (Å²) in [5.41, 5.74) is 1.68. The molecular formula is C12H15N5O2. The van der Waals surface area contributed by atoms with Crippen molar-refractivity contribution in [3.05, 3.63) is 39.4 Å². The van der Waals surface area contributed by atoms with E-state index in [0.29, 0.717) is 12.1 Å². The Morgan fingerprint density at radius 3 is 2.89 bits per heavy atom. The highest BCUT2D eigenvalue weighted by molar-refractivity contribution is 5.57. The summed E-state index contributed by atoms with van der Waals surface area (Å²) in [4.78, 5) is 20.4. The lowest BCUT2D eigenvalue weighted by molar-refractivity contribution is -0.417. The third kappa shape index (κ3) is 2.37. The molecule has 3 rings (SSSR count). The molecule has 0 amide bonds. The first-order valence-electron chi connectivity index (χ1n) is 6.31. The van der Waals surface area contributed by atoms with E-state index in [1.54, 1.807) is 6.08 Å². The predicted octanol–water partition coefficient (Wildman–Crippen LogP) is 0.549. The van der Waals surface area contributed by atoms with Crippen molar-refractivity contribution in [2.75, 3.05) is 31.1 Å². The molecule has 1 aromatic rings. The van der Waals surface area contributed by atoms with Gasteiger partial charge in [0.2, 0.25) is 5.95 Å². The van der Waals surface area contributed by atoms with Gasteiger partial charge in [-0.3, -0.25) is 10.1 Å². The molecule has 0 bridgehead atoms. The minimum Gasteiger partial charge on any atom is -0.340 e. The maximum absolute atomic E-state index is 10.9. The molecule has 0 unspecified atom stereocenters. The third-order valence-electron chi connectivity index (χ3n) is 3.32. The Hall–Kier alpha value is -2.15. The quantitative estimate of drug-likeness (QED) is 0.599. The summed E-state index contributed by atoms with van der Waals surface area (Å²) < 4.78 is 0. The van der Waals surface area contributed by atoms with Gasteiger partial charge in [0.05, 0.1) is 10.6 Å². The van der Waals surface area contributed by atoms with Crippen LogP contribution in [0.4, 0.5) is 5.95 Å². The number of rotatable bonds is 2. The van der Waals surface area contributed by atoms with E-state index < -0.39 is 0 Å². The Morgan fingerprint density at radius 2 is 2.16 bits per heavy atom. The Bertz CT molecular complexity index is 554. The maximum Gasteiger partial charge on any atom is 0.271 e. The molecule has 0 atom stereocenters. The SMILES string of the molecule is O=[N+]([O-])C1=Cc2nc(N3CCNCC3)[nH]c2CC=C1. The molecule has 1 fully saturated rings.